The summed E-state index contributed by atoms with van der Waals surface area (Å²) in [6.45, 7) is 4.83. The Morgan fingerprint density at radius 2 is 1.88 bits per heavy atom. The highest BCUT2D eigenvalue weighted by molar-refractivity contribution is 5.90. The van der Waals surface area contributed by atoms with Crippen molar-refractivity contribution >= 4 is 16.8 Å². The van der Waals surface area contributed by atoms with Crippen molar-refractivity contribution < 1.29 is 4.74 Å². The zero-order valence-electron chi connectivity index (χ0n) is 10.4. The Kier molecular flexibility index (Phi) is 3.94. The maximum atomic E-state index is 5.49. The van der Waals surface area contributed by atoms with Crippen molar-refractivity contribution in [2.24, 2.45) is 0 Å². The van der Waals surface area contributed by atoms with Gasteiger partial charge < -0.3 is 4.74 Å². The topological polar surface area (TPSA) is 9.23 Å². The molecule has 0 aromatic heterocycles. The summed E-state index contributed by atoms with van der Waals surface area (Å²) < 4.78 is 5.49. The highest BCUT2D eigenvalue weighted by atomic mass is 16.5. The van der Waals surface area contributed by atoms with Crippen molar-refractivity contribution in [3.05, 3.63) is 54.1 Å². The normalized spacial score (nSPS) is 13.3. The average molecular weight is 226 g/mol. The first-order valence-corrected chi connectivity index (χ1v) is 6.09. The van der Waals surface area contributed by atoms with Gasteiger partial charge in [-0.2, -0.15) is 0 Å². The van der Waals surface area contributed by atoms with E-state index in [0.29, 0.717) is 0 Å². The molecule has 2 aromatic carbocycles. The van der Waals surface area contributed by atoms with Gasteiger partial charge in [0, 0.05) is 6.61 Å². The first kappa shape index (κ1) is 11.9. The van der Waals surface area contributed by atoms with Crippen LogP contribution in [0, 0.1) is 0 Å². The van der Waals surface area contributed by atoms with Gasteiger partial charge in [0.25, 0.3) is 0 Å². The smallest absolute Gasteiger partial charge is 0.0730 e. The second kappa shape index (κ2) is 5.65. The fourth-order valence-electron chi connectivity index (χ4n) is 1.95. The summed E-state index contributed by atoms with van der Waals surface area (Å²) in [6, 6.07) is 14.8. The fraction of sp³-hybridized carbons (Fsp3) is 0.250. The molecule has 0 saturated heterocycles. The quantitative estimate of drug-likeness (QED) is 0.756. The molecule has 0 N–H and O–H groups in total. The Balaban J connectivity index is 2.30. The molecular formula is C16H18O. The van der Waals surface area contributed by atoms with E-state index in [2.05, 4.69) is 61.5 Å². The van der Waals surface area contributed by atoms with Crippen molar-refractivity contribution in [1.29, 1.82) is 0 Å². The van der Waals surface area contributed by atoms with E-state index >= 15 is 0 Å². The fourth-order valence-corrected chi connectivity index (χ4v) is 1.95. The summed E-state index contributed by atoms with van der Waals surface area (Å²) in [7, 11) is 0. The third-order valence-electron chi connectivity index (χ3n) is 2.80. The molecule has 2 aromatic rings. The highest BCUT2D eigenvalue weighted by Gasteiger charge is 1.98. The van der Waals surface area contributed by atoms with Crippen LogP contribution in [0.1, 0.15) is 19.4 Å². The number of hydrogen-bond acceptors (Lipinski definition) is 1. The summed E-state index contributed by atoms with van der Waals surface area (Å²) in [4.78, 5) is 0. The zero-order chi connectivity index (χ0) is 12.1. The van der Waals surface area contributed by atoms with Crippen molar-refractivity contribution in [3.8, 4) is 0 Å². The largest absolute Gasteiger partial charge is 0.375 e. The molecule has 0 spiro atoms. The molecule has 0 aliphatic carbocycles. The maximum absolute atomic E-state index is 5.49. The lowest BCUT2D eigenvalue weighted by Crippen LogP contribution is -2.02. The molecule has 0 fully saturated rings. The molecule has 1 nitrogen and oxygen atoms in total. The number of fused-ring (bicyclic) bond motifs is 1. The molecule has 88 valence electrons. The molecule has 17 heavy (non-hydrogen) atoms. The van der Waals surface area contributed by atoms with Gasteiger partial charge in [0.15, 0.2) is 0 Å². The molecule has 0 heterocycles. The summed E-state index contributed by atoms with van der Waals surface area (Å²) in [5, 5.41) is 2.56. The van der Waals surface area contributed by atoms with E-state index in [1.165, 1.54) is 16.3 Å². The molecule has 0 bridgehead atoms. The second-order valence-corrected chi connectivity index (χ2v) is 4.09. The SMILES string of the molecule is CCOC(C)C=Cc1cccc2ccccc12. The van der Waals surface area contributed by atoms with Crippen molar-refractivity contribution in [2.45, 2.75) is 20.0 Å². The van der Waals surface area contributed by atoms with Gasteiger partial charge in [0.05, 0.1) is 6.10 Å². The van der Waals surface area contributed by atoms with Gasteiger partial charge in [-0.15, -0.1) is 0 Å². The van der Waals surface area contributed by atoms with E-state index < -0.39 is 0 Å². The van der Waals surface area contributed by atoms with E-state index in [1.54, 1.807) is 0 Å². The lowest BCUT2D eigenvalue weighted by Gasteiger charge is -2.06. The molecule has 0 amide bonds. The van der Waals surface area contributed by atoms with Crippen LogP contribution in [-0.2, 0) is 4.74 Å². The van der Waals surface area contributed by atoms with Crippen LogP contribution in [0.2, 0.25) is 0 Å². The van der Waals surface area contributed by atoms with Gasteiger partial charge in [-0.3, -0.25) is 0 Å². The third-order valence-corrected chi connectivity index (χ3v) is 2.80. The predicted octanol–water partition coefficient (Wildman–Crippen LogP) is 4.28. The third kappa shape index (κ3) is 2.95. The Labute approximate surface area is 103 Å². The number of benzene rings is 2. The van der Waals surface area contributed by atoms with Crippen LogP contribution in [0.3, 0.4) is 0 Å². The van der Waals surface area contributed by atoms with Gasteiger partial charge in [0.2, 0.25) is 0 Å². The molecule has 1 unspecified atom stereocenters. The number of hydrogen-bond donors (Lipinski definition) is 0. The Morgan fingerprint density at radius 1 is 1.12 bits per heavy atom. The summed E-state index contributed by atoms with van der Waals surface area (Å²) in [6.07, 6.45) is 4.41. The van der Waals surface area contributed by atoms with E-state index in [9.17, 15) is 0 Å². The zero-order valence-corrected chi connectivity index (χ0v) is 10.4. The summed E-state index contributed by atoms with van der Waals surface area (Å²) in [5.41, 5.74) is 1.25. The Morgan fingerprint density at radius 3 is 2.71 bits per heavy atom. The molecular weight excluding hydrogens is 208 g/mol. The molecule has 0 saturated carbocycles. The van der Waals surface area contributed by atoms with Crippen LogP contribution < -0.4 is 0 Å². The maximum Gasteiger partial charge on any atom is 0.0730 e. The number of rotatable bonds is 4. The van der Waals surface area contributed by atoms with Crippen LogP contribution in [-0.4, -0.2) is 12.7 Å². The predicted molar refractivity (Wildman–Crippen MR) is 74.1 cm³/mol. The van der Waals surface area contributed by atoms with Gasteiger partial charge in [-0.05, 0) is 30.2 Å². The molecule has 0 aliphatic heterocycles. The first-order chi connectivity index (χ1) is 8.31. The van der Waals surface area contributed by atoms with Crippen molar-refractivity contribution in [3.63, 3.8) is 0 Å². The van der Waals surface area contributed by atoms with Crippen LogP contribution >= 0.6 is 0 Å². The molecule has 0 radical (unpaired) electrons. The minimum atomic E-state index is 0.166. The van der Waals surface area contributed by atoms with Crippen molar-refractivity contribution in [2.75, 3.05) is 6.61 Å². The van der Waals surface area contributed by atoms with E-state index in [0.717, 1.165) is 6.61 Å². The monoisotopic (exact) mass is 226 g/mol. The summed E-state index contributed by atoms with van der Waals surface area (Å²) >= 11 is 0. The van der Waals surface area contributed by atoms with E-state index in [4.69, 9.17) is 4.74 Å². The van der Waals surface area contributed by atoms with Gasteiger partial charge >= 0.3 is 0 Å². The minimum Gasteiger partial charge on any atom is -0.375 e. The van der Waals surface area contributed by atoms with Crippen LogP contribution in [0.5, 0.6) is 0 Å². The number of ether oxygens (including phenoxy) is 1. The highest BCUT2D eigenvalue weighted by Crippen LogP contribution is 2.19. The van der Waals surface area contributed by atoms with E-state index in [-0.39, 0.29) is 6.10 Å². The first-order valence-electron chi connectivity index (χ1n) is 6.09. The molecule has 1 heteroatoms. The minimum absolute atomic E-state index is 0.166. The summed E-state index contributed by atoms with van der Waals surface area (Å²) in [5.74, 6) is 0. The van der Waals surface area contributed by atoms with Crippen LogP contribution in [0.15, 0.2) is 48.5 Å². The van der Waals surface area contributed by atoms with Gasteiger partial charge in [0.1, 0.15) is 0 Å². The van der Waals surface area contributed by atoms with Crippen LogP contribution in [0.25, 0.3) is 16.8 Å². The molecule has 2 rings (SSSR count). The van der Waals surface area contributed by atoms with Gasteiger partial charge in [-0.25, -0.2) is 0 Å². The Hall–Kier alpha value is -1.60. The standard InChI is InChI=1S/C16H18O/c1-3-17-13(2)11-12-15-9-6-8-14-7-4-5-10-16(14)15/h4-13H,3H2,1-2H3. The van der Waals surface area contributed by atoms with Crippen molar-refractivity contribution in [1.82, 2.24) is 0 Å². The average Bonchev–Trinajstić information content (AvgIpc) is 2.36. The molecule has 0 aliphatic rings. The molecule has 1 atom stereocenters. The van der Waals surface area contributed by atoms with Crippen LogP contribution in [0.4, 0.5) is 0 Å². The van der Waals surface area contributed by atoms with E-state index in [1.807, 2.05) is 6.92 Å². The Bertz CT molecular complexity index is 508. The lowest BCUT2D eigenvalue weighted by atomic mass is 10.0. The second-order valence-electron chi connectivity index (χ2n) is 4.09. The lowest BCUT2D eigenvalue weighted by molar-refractivity contribution is 0.110. The van der Waals surface area contributed by atoms with Gasteiger partial charge in [-0.1, -0.05) is 54.6 Å².